The van der Waals surface area contributed by atoms with Gasteiger partial charge in [-0.15, -0.1) is 0 Å². The summed E-state index contributed by atoms with van der Waals surface area (Å²) in [4.78, 5) is 11.4. The fraction of sp³-hybridized carbons (Fsp3) is 0.0556. The van der Waals surface area contributed by atoms with E-state index in [9.17, 15) is 4.79 Å². The highest BCUT2D eigenvalue weighted by Crippen LogP contribution is 2.29. The molecule has 0 unspecified atom stereocenters. The minimum absolute atomic E-state index is 0.0888. The van der Waals surface area contributed by atoms with Gasteiger partial charge in [0.2, 0.25) is 0 Å². The zero-order valence-corrected chi connectivity index (χ0v) is 12.8. The third-order valence-corrected chi connectivity index (χ3v) is 3.37. The van der Waals surface area contributed by atoms with Crippen LogP contribution in [0, 0.1) is 0 Å². The maximum absolute atomic E-state index is 11.4. The Bertz CT molecular complexity index is 856. The molecule has 6 heteroatoms. The van der Waals surface area contributed by atoms with Crippen molar-refractivity contribution in [2.45, 2.75) is 0 Å². The number of aromatic amines is 1. The summed E-state index contributed by atoms with van der Waals surface area (Å²) in [7, 11) is 0. The minimum atomic E-state index is -0.641. The smallest absolute Gasteiger partial charge is 0.271 e. The van der Waals surface area contributed by atoms with Crippen molar-refractivity contribution in [3.8, 4) is 17.0 Å². The molecule has 0 bridgehead atoms. The van der Waals surface area contributed by atoms with Crippen LogP contribution in [0.3, 0.4) is 0 Å². The number of primary amides is 1. The van der Waals surface area contributed by atoms with E-state index in [1.165, 1.54) is 0 Å². The van der Waals surface area contributed by atoms with Crippen LogP contribution in [0.2, 0.25) is 0 Å². The summed E-state index contributed by atoms with van der Waals surface area (Å²) in [5.41, 5.74) is 7.55. The number of hydrogen-bond donors (Lipinski definition) is 2. The number of ether oxygens (including phenoxy) is 1. The van der Waals surface area contributed by atoms with Gasteiger partial charge in [0.25, 0.3) is 5.91 Å². The lowest BCUT2D eigenvalue weighted by atomic mass is 10.1. The average molecular weight is 320 g/mol. The monoisotopic (exact) mass is 320 g/mol. The first kappa shape index (κ1) is 15.5. The number of aromatic nitrogens is 3. The molecule has 3 N–H and O–H groups in total. The molecule has 0 fully saturated rings. The fourth-order valence-electron chi connectivity index (χ4n) is 2.26. The van der Waals surface area contributed by atoms with Crippen LogP contribution in [0.15, 0.2) is 60.7 Å². The van der Waals surface area contributed by atoms with Gasteiger partial charge in [-0.05, 0) is 23.8 Å². The van der Waals surface area contributed by atoms with Crippen molar-refractivity contribution >= 4 is 12.0 Å². The van der Waals surface area contributed by atoms with Crippen molar-refractivity contribution in [3.63, 3.8) is 0 Å². The van der Waals surface area contributed by atoms with Crippen LogP contribution < -0.4 is 10.5 Å². The molecule has 0 radical (unpaired) electrons. The standard InChI is InChI=1S/C18H16N4O2/c19-18(23)17-16(20-22-21-17)14-10-4-5-11-15(14)24-12-6-9-13-7-2-1-3-8-13/h1-11H,12H2,(H2,19,23)(H,20,21,22). The molecule has 0 atom stereocenters. The highest BCUT2D eigenvalue weighted by Gasteiger charge is 2.18. The number of nitrogens with two attached hydrogens (primary N) is 1. The zero-order valence-electron chi connectivity index (χ0n) is 12.8. The van der Waals surface area contributed by atoms with Crippen molar-refractivity contribution in [2.75, 3.05) is 6.61 Å². The van der Waals surface area contributed by atoms with Crippen molar-refractivity contribution in [1.82, 2.24) is 15.4 Å². The van der Waals surface area contributed by atoms with E-state index in [4.69, 9.17) is 10.5 Å². The van der Waals surface area contributed by atoms with Crippen molar-refractivity contribution in [2.24, 2.45) is 5.73 Å². The number of H-pyrrole nitrogens is 1. The van der Waals surface area contributed by atoms with Gasteiger partial charge in [0, 0.05) is 5.56 Å². The Hall–Kier alpha value is -3.41. The Morgan fingerprint density at radius 3 is 2.62 bits per heavy atom. The highest BCUT2D eigenvalue weighted by atomic mass is 16.5. The summed E-state index contributed by atoms with van der Waals surface area (Å²) < 4.78 is 5.80. The van der Waals surface area contributed by atoms with E-state index < -0.39 is 5.91 Å². The number of para-hydroxylation sites is 1. The van der Waals surface area contributed by atoms with Crippen LogP contribution >= 0.6 is 0 Å². The van der Waals surface area contributed by atoms with Crippen LogP contribution in [0.25, 0.3) is 17.3 Å². The van der Waals surface area contributed by atoms with Gasteiger partial charge < -0.3 is 10.5 Å². The maximum atomic E-state index is 11.4. The molecule has 0 aliphatic carbocycles. The number of carbonyl (C=O) groups is 1. The zero-order chi connectivity index (χ0) is 16.8. The number of nitrogens with zero attached hydrogens (tertiary/aromatic N) is 2. The summed E-state index contributed by atoms with van der Waals surface area (Å²) in [6.45, 7) is 0.385. The maximum Gasteiger partial charge on any atom is 0.271 e. The van der Waals surface area contributed by atoms with Crippen molar-refractivity contribution in [1.29, 1.82) is 0 Å². The summed E-state index contributed by atoms with van der Waals surface area (Å²) in [6, 6.07) is 17.3. The number of hydrogen-bond acceptors (Lipinski definition) is 4. The van der Waals surface area contributed by atoms with Crippen LogP contribution in [-0.4, -0.2) is 27.9 Å². The van der Waals surface area contributed by atoms with Gasteiger partial charge in [-0.25, -0.2) is 0 Å². The molecule has 24 heavy (non-hydrogen) atoms. The Labute approximate surface area is 139 Å². The number of carbonyl (C=O) groups excluding carboxylic acids is 1. The highest BCUT2D eigenvalue weighted by molar-refractivity contribution is 5.97. The largest absolute Gasteiger partial charge is 0.489 e. The molecule has 0 spiro atoms. The van der Waals surface area contributed by atoms with E-state index in [0.717, 1.165) is 5.56 Å². The topological polar surface area (TPSA) is 93.9 Å². The lowest BCUT2D eigenvalue weighted by molar-refractivity contribution is 0.0996. The van der Waals surface area contributed by atoms with Crippen LogP contribution in [0.4, 0.5) is 0 Å². The van der Waals surface area contributed by atoms with E-state index in [2.05, 4.69) is 15.4 Å². The van der Waals surface area contributed by atoms with E-state index in [0.29, 0.717) is 23.6 Å². The van der Waals surface area contributed by atoms with E-state index in [1.54, 1.807) is 6.07 Å². The molecule has 6 nitrogen and oxygen atoms in total. The summed E-state index contributed by atoms with van der Waals surface area (Å²) in [5.74, 6) is -0.0378. The first-order chi connectivity index (χ1) is 11.8. The van der Waals surface area contributed by atoms with Gasteiger partial charge in [-0.2, -0.15) is 15.4 Å². The molecule has 1 heterocycles. The van der Waals surface area contributed by atoms with Crippen LogP contribution in [-0.2, 0) is 0 Å². The molecule has 0 saturated heterocycles. The lowest BCUT2D eigenvalue weighted by Gasteiger charge is -2.08. The predicted molar refractivity (Wildman–Crippen MR) is 91.3 cm³/mol. The van der Waals surface area contributed by atoms with Gasteiger partial charge in [0.1, 0.15) is 18.1 Å². The quantitative estimate of drug-likeness (QED) is 0.730. The fourth-order valence-corrected chi connectivity index (χ4v) is 2.26. The Morgan fingerprint density at radius 2 is 1.83 bits per heavy atom. The summed E-state index contributed by atoms with van der Waals surface area (Å²) >= 11 is 0. The molecule has 3 rings (SSSR count). The predicted octanol–water partition coefficient (Wildman–Crippen LogP) is 2.66. The molecule has 1 aromatic heterocycles. The third-order valence-electron chi connectivity index (χ3n) is 3.37. The van der Waals surface area contributed by atoms with Gasteiger partial charge in [-0.1, -0.05) is 48.5 Å². The first-order valence-corrected chi connectivity index (χ1v) is 7.40. The minimum Gasteiger partial charge on any atom is -0.489 e. The number of benzene rings is 2. The lowest BCUT2D eigenvalue weighted by Crippen LogP contribution is -2.13. The van der Waals surface area contributed by atoms with E-state index >= 15 is 0 Å². The van der Waals surface area contributed by atoms with E-state index in [1.807, 2.05) is 60.7 Å². The normalized spacial score (nSPS) is 10.8. The average Bonchev–Trinajstić information content (AvgIpc) is 3.10. The van der Waals surface area contributed by atoms with Gasteiger partial charge >= 0.3 is 0 Å². The van der Waals surface area contributed by atoms with Gasteiger partial charge in [-0.3, -0.25) is 4.79 Å². The van der Waals surface area contributed by atoms with Gasteiger partial charge in [0.15, 0.2) is 5.69 Å². The number of rotatable bonds is 6. The molecular weight excluding hydrogens is 304 g/mol. The molecule has 0 saturated carbocycles. The van der Waals surface area contributed by atoms with Crippen molar-refractivity contribution < 1.29 is 9.53 Å². The summed E-state index contributed by atoms with van der Waals surface area (Å²) in [5, 5.41) is 10.2. The second-order valence-corrected chi connectivity index (χ2v) is 5.01. The summed E-state index contributed by atoms with van der Waals surface area (Å²) in [6.07, 6.45) is 3.90. The third kappa shape index (κ3) is 3.49. The molecular formula is C18H16N4O2. The molecule has 120 valence electrons. The SMILES string of the molecule is NC(=O)c1n[nH]nc1-c1ccccc1OCC=Cc1ccccc1. The Kier molecular flexibility index (Phi) is 4.67. The Morgan fingerprint density at radius 1 is 1.08 bits per heavy atom. The van der Waals surface area contributed by atoms with Crippen LogP contribution in [0.1, 0.15) is 16.1 Å². The molecule has 0 aliphatic heterocycles. The molecule has 0 aliphatic rings. The first-order valence-electron chi connectivity index (χ1n) is 7.40. The second-order valence-electron chi connectivity index (χ2n) is 5.01. The van der Waals surface area contributed by atoms with Crippen LogP contribution in [0.5, 0.6) is 5.75 Å². The number of amides is 1. The van der Waals surface area contributed by atoms with E-state index in [-0.39, 0.29) is 5.69 Å². The molecule has 2 aromatic carbocycles. The van der Waals surface area contributed by atoms with Crippen molar-refractivity contribution in [3.05, 3.63) is 71.9 Å². The molecule has 3 aromatic rings. The Balaban J connectivity index is 1.76. The van der Waals surface area contributed by atoms with Gasteiger partial charge in [0.05, 0.1) is 0 Å². The number of nitrogens with one attached hydrogen (secondary N) is 1. The molecule has 1 amide bonds. The second kappa shape index (κ2) is 7.23.